The number of ether oxygens (including phenoxy) is 1. The number of nitrogen functional groups attached to an aromatic ring is 1. The molecule has 1 aromatic rings. The Bertz CT molecular complexity index is 507. The van der Waals surface area contributed by atoms with Gasteiger partial charge < -0.3 is 15.4 Å². The lowest BCUT2D eigenvalue weighted by Crippen LogP contribution is -2.52. The van der Waals surface area contributed by atoms with E-state index < -0.39 is 0 Å². The normalized spacial score (nSPS) is 22.4. The number of cyclic esters (lactones) is 1. The predicted octanol–water partition coefficient (Wildman–Crippen LogP) is 0.262. The van der Waals surface area contributed by atoms with Gasteiger partial charge in [0.2, 0.25) is 5.95 Å². The predicted molar refractivity (Wildman–Crippen MR) is 69.9 cm³/mol. The van der Waals surface area contributed by atoms with Gasteiger partial charge in [0.1, 0.15) is 12.4 Å². The zero-order chi connectivity index (χ0) is 13.4. The summed E-state index contributed by atoms with van der Waals surface area (Å²) in [5.41, 5.74) is 6.76. The van der Waals surface area contributed by atoms with Crippen molar-refractivity contribution >= 4 is 17.9 Å². The average molecular weight is 263 g/mol. The lowest BCUT2D eigenvalue weighted by Gasteiger charge is -2.36. The van der Waals surface area contributed by atoms with Gasteiger partial charge in [-0.25, -0.2) is 9.78 Å². The minimum absolute atomic E-state index is 0.113. The number of nitrogens with two attached hydrogens (primary N) is 1. The van der Waals surface area contributed by atoms with Gasteiger partial charge in [-0.1, -0.05) is 6.92 Å². The molecule has 2 fully saturated rings. The number of carbonyl (C=O) groups is 1. The molecule has 2 aliphatic heterocycles. The van der Waals surface area contributed by atoms with Crippen molar-refractivity contribution in [3.63, 3.8) is 0 Å². The summed E-state index contributed by atoms with van der Waals surface area (Å²) in [6.07, 6.45) is 2.43. The van der Waals surface area contributed by atoms with Crippen LogP contribution in [0.2, 0.25) is 0 Å². The Morgan fingerprint density at radius 2 is 2.37 bits per heavy atom. The number of amides is 1. The molecular weight excluding hydrogens is 246 g/mol. The summed E-state index contributed by atoms with van der Waals surface area (Å²) in [6, 6.07) is 0.113. The number of nitrogens with zero attached hydrogens (tertiary/aromatic N) is 4. The van der Waals surface area contributed by atoms with Gasteiger partial charge in [0.25, 0.3) is 0 Å². The van der Waals surface area contributed by atoms with Crippen LogP contribution in [0.15, 0.2) is 6.20 Å². The van der Waals surface area contributed by atoms with E-state index >= 15 is 0 Å². The summed E-state index contributed by atoms with van der Waals surface area (Å²) in [5, 5.41) is 0. The average Bonchev–Trinajstić information content (AvgIpc) is 2.80. The highest BCUT2D eigenvalue weighted by molar-refractivity contribution is 5.71. The minimum atomic E-state index is -0.206. The van der Waals surface area contributed by atoms with Gasteiger partial charge in [-0.05, 0) is 6.42 Å². The fourth-order valence-corrected chi connectivity index (χ4v) is 2.62. The molecule has 2 aliphatic rings. The highest BCUT2D eigenvalue weighted by Gasteiger charge is 2.38. The largest absolute Gasteiger partial charge is 0.447 e. The number of piperazine rings is 1. The third-order valence-electron chi connectivity index (χ3n) is 3.66. The maximum absolute atomic E-state index is 11.5. The lowest BCUT2D eigenvalue weighted by atomic mass is 10.1. The van der Waals surface area contributed by atoms with Crippen molar-refractivity contribution in [2.75, 3.05) is 36.9 Å². The summed E-state index contributed by atoms with van der Waals surface area (Å²) in [7, 11) is 0. The maximum Gasteiger partial charge on any atom is 0.410 e. The smallest absolute Gasteiger partial charge is 0.410 e. The number of anilines is 2. The van der Waals surface area contributed by atoms with E-state index in [2.05, 4.69) is 21.8 Å². The van der Waals surface area contributed by atoms with E-state index in [1.54, 1.807) is 11.1 Å². The minimum Gasteiger partial charge on any atom is -0.447 e. The second kappa shape index (κ2) is 4.56. The first-order chi connectivity index (χ1) is 9.19. The van der Waals surface area contributed by atoms with Crippen LogP contribution in [-0.4, -0.2) is 53.2 Å². The van der Waals surface area contributed by atoms with Crippen molar-refractivity contribution in [3.8, 4) is 0 Å². The Kier molecular flexibility index (Phi) is 2.88. The number of fused-ring (bicyclic) bond motifs is 1. The number of rotatable bonds is 2. The van der Waals surface area contributed by atoms with Crippen LogP contribution in [0.25, 0.3) is 0 Å². The molecule has 0 spiro atoms. The number of aromatic nitrogens is 2. The van der Waals surface area contributed by atoms with Crippen LogP contribution in [0, 0.1) is 0 Å². The van der Waals surface area contributed by atoms with E-state index in [0.29, 0.717) is 13.2 Å². The van der Waals surface area contributed by atoms with Crippen LogP contribution < -0.4 is 10.6 Å². The van der Waals surface area contributed by atoms with Crippen LogP contribution >= 0.6 is 0 Å². The topological polar surface area (TPSA) is 84.6 Å². The molecule has 1 aromatic heterocycles. The van der Waals surface area contributed by atoms with Gasteiger partial charge in [0.05, 0.1) is 6.04 Å². The Morgan fingerprint density at radius 1 is 1.53 bits per heavy atom. The van der Waals surface area contributed by atoms with Crippen molar-refractivity contribution in [2.24, 2.45) is 0 Å². The van der Waals surface area contributed by atoms with E-state index in [-0.39, 0.29) is 18.1 Å². The SMILES string of the molecule is CCc1cnc(N)nc1N1CCN2C(=O)OCC2C1. The molecule has 1 atom stereocenters. The first-order valence-electron chi connectivity index (χ1n) is 6.48. The van der Waals surface area contributed by atoms with E-state index in [1.807, 2.05) is 0 Å². The third kappa shape index (κ3) is 2.05. The molecule has 0 bridgehead atoms. The molecule has 1 unspecified atom stereocenters. The van der Waals surface area contributed by atoms with E-state index in [4.69, 9.17) is 10.5 Å². The van der Waals surface area contributed by atoms with Crippen molar-refractivity contribution < 1.29 is 9.53 Å². The molecule has 2 N–H and O–H groups in total. The Labute approximate surface area is 111 Å². The Hall–Kier alpha value is -2.05. The Morgan fingerprint density at radius 3 is 3.16 bits per heavy atom. The standard InChI is InChI=1S/C12H17N5O2/c1-2-8-5-14-11(13)15-10(8)16-3-4-17-9(6-16)7-19-12(17)18/h5,9H,2-4,6-7H2,1H3,(H2,13,14,15). The van der Waals surface area contributed by atoms with Crippen molar-refractivity contribution in [2.45, 2.75) is 19.4 Å². The van der Waals surface area contributed by atoms with Crippen LogP contribution in [0.1, 0.15) is 12.5 Å². The second-order valence-corrected chi connectivity index (χ2v) is 4.80. The summed E-state index contributed by atoms with van der Waals surface area (Å²) in [4.78, 5) is 23.8. The fraction of sp³-hybridized carbons (Fsp3) is 0.583. The van der Waals surface area contributed by atoms with Gasteiger partial charge >= 0.3 is 6.09 Å². The zero-order valence-corrected chi connectivity index (χ0v) is 10.9. The zero-order valence-electron chi connectivity index (χ0n) is 10.9. The Balaban J connectivity index is 1.84. The van der Waals surface area contributed by atoms with Gasteiger partial charge in [-0.15, -0.1) is 0 Å². The van der Waals surface area contributed by atoms with Crippen molar-refractivity contribution in [1.29, 1.82) is 0 Å². The molecule has 0 aliphatic carbocycles. The van der Waals surface area contributed by atoms with E-state index in [9.17, 15) is 4.79 Å². The van der Waals surface area contributed by atoms with Gasteiger partial charge in [-0.2, -0.15) is 4.98 Å². The highest BCUT2D eigenvalue weighted by atomic mass is 16.6. The molecule has 7 heteroatoms. The van der Waals surface area contributed by atoms with E-state index in [1.165, 1.54) is 0 Å². The van der Waals surface area contributed by atoms with E-state index in [0.717, 1.165) is 30.9 Å². The van der Waals surface area contributed by atoms with Gasteiger partial charge in [-0.3, -0.25) is 4.90 Å². The van der Waals surface area contributed by atoms with Crippen LogP contribution in [-0.2, 0) is 11.2 Å². The van der Waals surface area contributed by atoms with Gasteiger partial charge in [0, 0.05) is 31.4 Å². The number of aryl methyl sites for hydroxylation is 1. The first-order valence-corrected chi connectivity index (χ1v) is 6.48. The molecule has 3 rings (SSSR count). The number of hydrogen-bond acceptors (Lipinski definition) is 6. The molecule has 3 heterocycles. The molecule has 0 aromatic carbocycles. The van der Waals surface area contributed by atoms with Crippen molar-refractivity contribution in [1.82, 2.24) is 14.9 Å². The van der Waals surface area contributed by atoms with Crippen molar-refractivity contribution in [3.05, 3.63) is 11.8 Å². The molecule has 7 nitrogen and oxygen atoms in total. The molecule has 19 heavy (non-hydrogen) atoms. The highest BCUT2D eigenvalue weighted by Crippen LogP contribution is 2.24. The first kappa shape index (κ1) is 12.0. The molecule has 2 saturated heterocycles. The maximum atomic E-state index is 11.5. The monoisotopic (exact) mass is 263 g/mol. The molecular formula is C12H17N5O2. The van der Waals surface area contributed by atoms with Crippen LogP contribution in [0.4, 0.5) is 16.6 Å². The molecule has 1 amide bonds. The summed E-state index contributed by atoms with van der Waals surface area (Å²) in [5.74, 6) is 1.17. The summed E-state index contributed by atoms with van der Waals surface area (Å²) < 4.78 is 5.07. The third-order valence-corrected chi connectivity index (χ3v) is 3.66. The van der Waals surface area contributed by atoms with Crippen LogP contribution in [0.5, 0.6) is 0 Å². The molecule has 102 valence electrons. The summed E-state index contributed by atoms with van der Waals surface area (Å²) in [6.45, 7) is 4.66. The quantitative estimate of drug-likeness (QED) is 0.824. The van der Waals surface area contributed by atoms with Gasteiger partial charge in [0.15, 0.2) is 0 Å². The summed E-state index contributed by atoms with van der Waals surface area (Å²) >= 11 is 0. The second-order valence-electron chi connectivity index (χ2n) is 4.80. The lowest BCUT2D eigenvalue weighted by molar-refractivity contribution is 0.157. The number of carbonyl (C=O) groups excluding carboxylic acids is 1. The fourth-order valence-electron chi connectivity index (χ4n) is 2.62. The molecule has 0 saturated carbocycles. The molecule has 0 radical (unpaired) electrons. The number of hydrogen-bond donors (Lipinski definition) is 1. The van der Waals surface area contributed by atoms with Crippen LogP contribution in [0.3, 0.4) is 0 Å².